The maximum absolute atomic E-state index is 11.9. The Hall–Kier alpha value is -2.41. The van der Waals surface area contributed by atoms with Gasteiger partial charge in [0.15, 0.2) is 5.69 Å². The van der Waals surface area contributed by atoms with E-state index in [1.54, 1.807) is 18.4 Å². The zero-order chi connectivity index (χ0) is 15.7. The number of hydrogen-bond donors (Lipinski definition) is 0. The number of esters is 1. The molecule has 0 saturated carbocycles. The topological polar surface area (TPSA) is 66.2 Å². The van der Waals surface area contributed by atoms with Crippen molar-refractivity contribution >= 4 is 28.2 Å². The van der Waals surface area contributed by atoms with Crippen molar-refractivity contribution in [3.8, 4) is 5.75 Å². The molecule has 3 rings (SSSR count). The summed E-state index contributed by atoms with van der Waals surface area (Å²) in [5, 5.41) is 6.02. The second-order valence-corrected chi connectivity index (χ2v) is 6.10. The van der Waals surface area contributed by atoms with Gasteiger partial charge in [-0.15, -0.1) is 11.3 Å². The number of carbonyl (C=O) groups excluding carboxylic acids is 1. The SMILES string of the molecule is COC(=O)c1c2cc(OCc3cnc(C)s3)ccc2nn1C. The van der Waals surface area contributed by atoms with Crippen LogP contribution in [0.1, 0.15) is 20.4 Å². The number of thiazole rings is 1. The minimum Gasteiger partial charge on any atom is -0.488 e. The summed E-state index contributed by atoms with van der Waals surface area (Å²) in [6.07, 6.45) is 1.81. The molecule has 0 N–H and O–H groups in total. The van der Waals surface area contributed by atoms with Crippen molar-refractivity contribution in [3.05, 3.63) is 40.0 Å². The number of benzene rings is 1. The van der Waals surface area contributed by atoms with E-state index in [0.29, 0.717) is 23.4 Å². The minimum absolute atomic E-state index is 0.414. The van der Waals surface area contributed by atoms with E-state index in [1.165, 1.54) is 11.8 Å². The van der Waals surface area contributed by atoms with E-state index in [2.05, 4.69) is 10.1 Å². The summed E-state index contributed by atoms with van der Waals surface area (Å²) >= 11 is 1.60. The van der Waals surface area contributed by atoms with Crippen LogP contribution in [0.15, 0.2) is 24.4 Å². The van der Waals surface area contributed by atoms with Crippen LogP contribution in [0.2, 0.25) is 0 Å². The number of carbonyl (C=O) groups is 1. The van der Waals surface area contributed by atoms with Gasteiger partial charge in [-0.1, -0.05) is 0 Å². The van der Waals surface area contributed by atoms with Crippen LogP contribution >= 0.6 is 11.3 Å². The Kier molecular flexibility index (Phi) is 3.81. The van der Waals surface area contributed by atoms with Crippen molar-refractivity contribution in [2.45, 2.75) is 13.5 Å². The molecule has 2 aromatic heterocycles. The Labute approximate surface area is 131 Å². The zero-order valence-corrected chi connectivity index (χ0v) is 13.3. The Morgan fingerprint density at radius 1 is 1.41 bits per heavy atom. The van der Waals surface area contributed by atoms with E-state index < -0.39 is 5.97 Å². The van der Waals surface area contributed by atoms with Crippen LogP contribution in [0.3, 0.4) is 0 Å². The molecule has 22 heavy (non-hydrogen) atoms. The quantitative estimate of drug-likeness (QED) is 0.692. The molecule has 0 aliphatic rings. The Morgan fingerprint density at radius 3 is 2.91 bits per heavy atom. The molecule has 2 heterocycles. The molecule has 0 amide bonds. The largest absolute Gasteiger partial charge is 0.488 e. The van der Waals surface area contributed by atoms with Crippen molar-refractivity contribution < 1.29 is 14.3 Å². The van der Waals surface area contributed by atoms with E-state index in [9.17, 15) is 4.79 Å². The normalized spacial score (nSPS) is 10.9. The summed E-state index contributed by atoms with van der Waals surface area (Å²) in [5.41, 5.74) is 1.14. The van der Waals surface area contributed by atoms with E-state index in [0.717, 1.165) is 15.4 Å². The molecule has 0 saturated heterocycles. The number of hydrogen-bond acceptors (Lipinski definition) is 6. The lowest BCUT2D eigenvalue weighted by atomic mass is 10.2. The molecule has 6 nitrogen and oxygen atoms in total. The molecule has 0 unspecified atom stereocenters. The molecule has 1 aromatic carbocycles. The third kappa shape index (κ3) is 2.67. The van der Waals surface area contributed by atoms with Crippen LogP contribution in [0.25, 0.3) is 10.9 Å². The highest BCUT2D eigenvalue weighted by Gasteiger charge is 2.17. The molecular formula is C15H15N3O3S. The third-order valence-corrected chi connectivity index (χ3v) is 4.12. The van der Waals surface area contributed by atoms with Gasteiger partial charge >= 0.3 is 5.97 Å². The minimum atomic E-state index is -0.416. The number of fused-ring (bicyclic) bond motifs is 1. The molecular weight excluding hydrogens is 302 g/mol. The highest BCUT2D eigenvalue weighted by molar-refractivity contribution is 7.11. The van der Waals surface area contributed by atoms with Crippen LogP contribution in [0, 0.1) is 6.92 Å². The van der Waals surface area contributed by atoms with Gasteiger partial charge in [0, 0.05) is 18.6 Å². The average Bonchev–Trinajstić information content (AvgIpc) is 3.06. The predicted octanol–water partition coefficient (Wildman–Crippen LogP) is 2.70. The molecule has 114 valence electrons. The molecule has 0 radical (unpaired) electrons. The van der Waals surface area contributed by atoms with E-state index in [1.807, 2.05) is 31.3 Å². The fraction of sp³-hybridized carbons (Fsp3) is 0.267. The van der Waals surface area contributed by atoms with Crippen LogP contribution < -0.4 is 4.74 Å². The summed E-state index contributed by atoms with van der Waals surface area (Å²) in [5.74, 6) is 0.261. The van der Waals surface area contributed by atoms with Gasteiger partial charge in [-0.3, -0.25) is 4.68 Å². The first-order chi connectivity index (χ1) is 10.6. The average molecular weight is 317 g/mol. The lowest BCUT2D eigenvalue weighted by molar-refractivity contribution is 0.0590. The second kappa shape index (κ2) is 5.76. The lowest BCUT2D eigenvalue weighted by Gasteiger charge is -2.04. The monoisotopic (exact) mass is 317 g/mol. The highest BCUT2D eigenvalue weighted by Crippen LogP contribution is 2.25. The Bertz CT molecular complexity index is 838. The van der Waals surface area contributed by atoms with Gasteiger partial charge in [-0.2, -0.15) is 5.10 Å². The Balaban J connectivity index is 1.89. The standard InChI is InChI=1S/C15H15N3O3S/c1-9-16-7-11(22-9)8-21-10-4-5-13-12(6-10)14(15(19)20-3)18(2)17-13/h4-7H,8H2,1-3H3. The van der Waals surface area contributed by atoms with E-state index >= 15 is 0 Å². The third-order valence-electron chi connectivity index (χ3n) is 3.23. The number of rotatable bonds is 4. The van der Waals surface area contributed by atoms with Crippen molar-refractivity contribution in [2.75, 3.05) is 7.11 Å². The van der Waals surface area contributed by atoms with Crippen LogP contribution in [-0.2, 0) is 18.4 Å². The maximum atomic E-state index is 11.9. The Morgan fingerprint density at radius 2 is 2.23 bits per heavy atom. The van der Waals surface area contributed by atoms with Crippen molar-refractivity contribution in [2.24, 2.45) is 7.05 Å². The van der Waals surface area contributed by atoms with Gasteiger partial charge in [0.2, 0.25) is 0 Å². The fourth-order valence-corrected chi connectivity index (χ4v) is 2.94. The van der Waals surface area contributed by atoms with Crippen molar-refractivity contribution in [1.82, 2.24) is 14.8 Å². The smallest absolute Gasteiger partial charge is 0.356 e. The molecule has 0 atom stereocenters. The summed E-state index contributed by atoms with van der Waals surface area (Å²) in [7, 11) is 3.07. The van der Waals surface area contributed by atoms with Crippen LogP contribution in [-0.4, -0.2) is 27.8 Å². The first-order valence-corrected chi connectivity index (χ1v) is 7.49. The first kappa shape index (κ1) is 14.5. The summed E-state index contributed by atoms with van der Waals surface area (Å²) in [6.45, 7) is 2.41. The fourth-order valence-electron chi connectivity index (χ4n) is 2.23. The zero-order valence-electron chi connectivity index (χ0n) is 12.5. The molecule has 0 aliphatic carbocycles. The molecule has 0 fully saturated rings. The summed E-state index contributed by atoms with van der Waals surface area (Å²) < 4.78 is 12.1. The molecule has 0 aliphatic heterocycles. The van der Waals surface area contributed by atoms with Gasteiger partial charge in [-0.05, 0) is 25.1 Å². The molecule has 7 heteroatoms. The number of aromatic nitrogens is 3. The molecule has 0 bridgehead atoms. The van der Waals surface area contributed by atoms with Gasteiger partial charge in [0.25, 0.3) is 0 Å². The molecule has 3 aromatic rings. The highest BCUT2D eigenvalue weighted by atomic mass is 32.1. The van der Waals surface area contributed by atoms with Gasteiger partial charge in [0.05, 0.1) is 22.5 Å². The second-order valence-electron chi connectivity index (χ2n) is 4.78. The predicted molar refractivity (Wildman–Crippen MR) is 83.2 cm³/mol. The number of ether oxygens (including phenoxy) is 2. The number of nitrogens with zero attached hydrogens (tertiary/aromatic N) is 3. The van der Waals surface area contributed by atoms with Gasteiger partial charge < -0.3 is 9.47 Å². The van der Waals surface area contributed by atoms with Crippen molar-refractivity contribution in [1.29, 1.82) is 0 Å². The van der Waals surface area contributed by atoms with Gasteiger partial charge in [-0.25, -0.2) is 9.78 Å². The van der Waals surface area contributed by atoms with Crippen LogP contribution in [0.4, 0.5) is 0 Å². The number of methoxy groups -OCH3 is 1. The number of aryl methyl sites for hydroxylation is 2. The lowest BCUT2D eigenvalue weighted by Crippen LogP contribution is -2.08. The summed E-state index contributed by atoms with van der Waals surface area (Å²) in [6, 6.07) is 5.47. The van der Waals surface area contributed by atoms with Crippen LogP contribution in [0.5, 0.6) is 5.75 Å². The van der Waals surface area contributed by atoms with E-state index in [-0.39, 0.29) is 0 Å². The first-order valence-electron chi connectivity index (χ1n) is 6.67. The van der Waals surface area contributed by atoms with Crippen molar-refractivity contribution in [3.63, 3.8) is 0 Å². The van der Waals surface area contributed by atoms with E-state index in [4.69, 9.17) is 9.47 Å². The molecule has 0 spiro atoms. The maximum Gasteiger partial charge on any atom is 0.356 e. The summed E-state index contributed by atoms with van der Waals surface area (Å²) in [4.78, 5) is 17.1. The van der Waals surface area contributed by atoms with Gasteiger partial charge in [0.1, 0.15) is 12.4 Å².